The molecular weight excluding hydrogens is 258 g/mol. The summed E-state index contributed by atoms with van der Waals surface area (Å²) < 4.78 is 0. The number of hydrogen-bond donors (Lipinski definition) is 1. The molecular formula is C18H23N3. The van der Waals surface area contributed by atoms with Crippen molar-refractivity contribution in [3.05, 3.63) is 59.3 Å². The lowest BCUT2D eigenvalue weighted by atomic mass is 9.93. The number of anilines is 1. The number of aryl methyl sites for hydroxylation is 1. The quantitative estimate of drug-likeness (QED) is 0.932. The zero-order chi connectivity index (χ0) is 14.7. The van der Waals surface area contributed by atoms with Crippen molar-refractivity contribution >= 4 is 5.82 Å². The first-order valence-corrected chi connectivity index (χ1v) is 7.75. The van der Waals surface area contributed by atoms with Gasteiger partial charge in [-0.05, 0) is 43.5 Å². The van der Waals surface area contributed by atoms with E-state index in [-0.39, 0.29) is 0 Å². The minimum atomic E-state index is 0.465. The topological polar surface area (TPSA) is 42.1 Å². The van der Waals surface area contributed by atoms with Gasteiger partial charge in [0, 0.05) is 18.3 Å². The lowest BCUT2D eigenvalue weighted by Crippen LogP contribution is -2.33. The summed E-state index contributed by atoms with van der Waals surface area (Å²) in [5, 5.41) is 0. The molecule has 2 aromatic rings. The number of piperidine rings is 1. The van der Waals surface area contributed by atoms with Gasteiger partial charge in [0.15, 0.2) is 0 Å². The summed E-state index contributed by atoms with van der Waals surface area (Å²) >= 11 is 0. The minimum Gasteiger partial charge on any atom is -0.384 e. The molecule has 0 spiro atoms. The third kappa shape index (κ3) is 3.24. The molecule has 1 saturated heterocycles. The van der Waals surface area contributed by atoms with Gasteiger partial charge in [-0.1, -0.05) is 42.8 Å². The van der Waals surface area contributed by atoms with Crippen LogP contribution in [-0.4, -0.2) is 16.4 Å². The molecule has 1 atom stereocenters. The highest BCUT2D eigenvalue weighted by molar-refractivity contribution is 5.35. The number of nitrogen functional groups attached to an aromatic ring is 1. The summed E-state index contributed by atoms with van der Waals surface area (Å²) in [5.41, 5.74) is 9.57. The Kier molecular flexibility index (Phi) is 4.20. The number of pyridine rings is 1. The second-order valence-electron chi connectivity index (χ2n) is 5.88. The zero-order valence-corrected chi connectivity index (χ0v) is 12.6. The summed E-state index contributed by atoms with van der Waals surface area (Å²) in [4.78, 5) is 7.02. The molecule has 0 amide bonds. The van der Waals surface area contributed by atoms with Gasteiger partial charge >= 0.3 is 0 Å². The summed E-state index contributed by atoms with van der Waals surface area (Å²) in [5.74, 6) is 0.613. The van der Waals surface area contributed by atoms with Crippen LogP contribution in [0.15, 0.2) is 42.5 Å². The van der Waals surface area contributed by atoms with Crippen LogP contribution in [0.1, 0.15) is 42.1 Å². The van der Waals surface area contributed by atoms with Crippen LogP contribution in [0.2, 0.25) is 0 Å². The number of aromatic nitrogens is 1. The van der Waals surface area contributed by atoms with E-state index in [1.807, 2.05) is 6.07 Å². The van der Waals surface area contributed by atoms with Crippen LogP contribution in [0.25, 0.3) is 0 Å². The number of benzene rings is 1. The normalized spacial score (nSPS) is 19.6. The molecule has 3 heteroatoms. The van der Waals surface area contributed by atoms with Crippen molar-refractivity contribution in [1.29, 1.82) is 0 Å². The molecule has 0 unspecified atom stereocenters. The molecule has 3 nitrogen and oxygen atoms in total. The molecule has 1 aliphatic heterocycles. The molecule has 2 heterocycles. The van der Waals surface area contributed by atoms with Crippen LogP contribution in [-0.2, 0) is 6.54 Å². The van der Waals surface area contributed by atoms with Crippen LogP contribution < -0.4 is 5.73 Å². The SMILES string of the molecule is Cc1nc(N)ccc1[C@H]1CCCCN1Cc1ccccc1. The molecule has 1 aromatic heterocycles. The van der Waals surface area contributed by atoms with Gasteiger partial charge in [0.2, 0.25) is 0 Å². The fourth-order valence-electron chi connectivity index (χ4n) is 3.29. The maximum atomic E-state index is 5.79. The third-order valence-electron chi connectivity index (χ3n) is 4.35. The van der Waals surface area contributed by atoms with Gasteiger partial charge in [0.1, 0.15) is 5.82 Å². The van der Waals surface area contributed by atoms with E-state index in [4.69, 9.17) is 5.73 Å². The van der Waals surface area contributed by atoms with E-state index in [0.29, 0.717) is 11.9 Å². The second-order valence-corrected chi connectivity index (χ2v) is 5.88. The number of nitrogens with two attached hydrogens (primary N) is 1. The predicted octanol–water partition coefficient (Wildman–Crippen LogP) is 3.70. The third-order valence-corrected chi connectivity index (χ3v) is 4.35. The molecule has 21 heavy (non-hydrogen) atoms. The van der Waals surface area contributed by atoms with Gasteiger partial charge in [0.25, 0.3) is 0 Å². The molecule has 0 saturated carbocycles. The van der Waals surface area contributed by atoms with Crippen LogP contribution in [0.3, 0.4) is 0 Å². The van der Waals surface area contributed by atoms with Gasteiger partial charge in [-0.3, -0.25) is 4.90 Å². The Morgan fingerprint density at radius 1 is 1.14 bits per heavy atom. The summed E-state index contributed by atoms with van der Waals surface area (Å²) in [7, 11) is 0. The molecule has 0 bridgehead atoms. The molecule has 0 aliphatic carbocycles. The van der Waals surface area contributed by atoms with Gasteiger partial charge in [-0.25, -0.2) is 4.98 Å². The van der Waals surface area contributed by atoms with Crippen LogP contribution >= 0.6 is 0 Å². The monoisotopic (exact) mass is 281 g/mol. The maximum Gasteiger partial charge on any atom is 0.123 e. The Hall–Kier alpha value is -1.87. The zero-order valence-electron chi connectivity index (χ0n) is 12.6. The smallest absolute Gasteiger partial charge is 0.123 e. The van der Waals surface area contributed by atoms with Crippen molar-refractivity contribution in [2.24, 2.45) is 0 Å². The van der Waals surface area contributed by atoms with Gasteiger partial charge in [-0.15, -0.1) is 0 Å². The van der Waals surface area contributed by atoms with Crippen LogP contribution in [0.5, 0.6) is 0 Å². The fourth-order valence-corrected chi connectivity index (χ4v) is 3.29. The van der Waals surface area contributed by atoms with E-state index < -0.39 is 0 Å². The number of likely N-dealkylation sites (tertiary alicyclic amines) is 1. The summed E-state index contributed by atoms with van der Waals surface area (Å²) in [6.07, 6.45) is 3.78. The fraction of sp³-hybridized carbons (Fsp3) is 0.389. The van der Waals surface area contributed by atoms with Gasteiger partial charge in [0.05, 0.1) is 0 Å². The maximum absolute atomic E-state index is 5.79. The Balaban J connectivity index is 1.84. The highest BCUT2D eigenvalue weighted by atomic mass is 15.2. The van der Waals surface area contributed by atoms with E-state index in [0.717, 1.165) is 18.8 Å². The van der Waals surface area contributed by atoms with Gasteiger partial charge in [-0.2, -0.15) is 0 Å². The van der Waals surface area contributed by atoms with Crippen molar-refractivity contribution < 1.29 is 0 Å². The van der Waals surface area contributed by atoms with Crippen molar-refractivity contribution in [1.82, 2.24) is 9.88 Å². The number of nitrogens with zero attached hydrogens (tertiary/aromatic N) is 2. The second kappa shape index (κ2) is 6.27. The largest absolute Gasteiger partial charge is 0.384 e. The Morgan fingerprint density at radius 2 is 1.95 bits per heavy atom. The number of hydrogen-bond acceptors (Lipinski definition) is 3. The molecule has 2 N–H and O–H groups in total. The first kappa shape index (κ1) is 14.1. The first-order chi connectivity index (χ1) is 10.2. The predicted molar refractivity (Wildman–Crippen MR) is 86.8 cm³/mol. The molecule has 1 aromatic carbocycles. The lowest BCUT2D eigenvalue weighted by Gasteiger charge is -2.36. The van der Waals surface area contributed by atoms with Crippen LogP contribution in [0, 0.1) is 6.92 Å². The molecule has 0 radical (unpaired) electrons. The first-order valence-electron chi connectivity index (χ1n) is 7.75. The lowest BCUT2D eigenvalue weighted by molar-refractivity contribution is 0.139. The molecule has 1 fully saturated rings. The van der Waals surface area contributed by atoms with Crippen molar-refractivity contribution in [3.63, 3.8) is 0 Å². The highest BCUT2D eigenvalue weighted by Gasteiger charge is 2.25. The van der Waals surface area contributed by atoms with Crippen molar-refractivity contribution in [2.45, 2.75) is 38.8 Å². The van der Waals surface area contributed by atoms with Crippen LogP contribution in [0.4, 0.5) is 5.82 Å². The number of rotatable bonds is 3. The summed E-state index contributed by atoms with van der Waals surface area (Å²) in [6.45, 7) is 4.24. The molecule has 3 rings (SSSR count). The Morgan fingerprint density at radius 3 is 2.71 bits per heavy atom. The van der Waals surface area contributed by atoms with Crippen molar-refractivity contribution in [3.8, 4) is 0 Å². The summed E-state index contributed by atoms with van der Waals surface area (Å²) in [6, 6.07) is 15.3. The van der Waals surface area contributed by atoms with E-state index >= 15 is 0 Å². The van der Waals surface area contributed by atoms with Crippen molar-refractivity contribution in [2.75, 3.05) is 12.3 Å². The minimum absolute atomic E-state index is 0.465. The van der Waals surface area contributed by atoms with E-state index in [1.165, 1.54) is 30.4 Å². The highest BCUT2D eigenvalue weighted by Crippen LogP contribution is 2.33. The van der Waals surface area contributed by atoms with E-state index in [1.54, 1.807) is 0 Å². The molecule has 1 aliphatic rings. The Labute approximate surface area is 126 Å². The standard InChI is InChI=1S/C18H23N3/c1-14-16(10-11-18(19)20-14)17-9-5-6-12-21(17)13-15-7-3-2-4-8-15/h2-4,7-8,10-11,17H,5-6,9,12-13H2,1H3,(H2,19,20)/t17-/m1/s1. The molecule has 110 valence electrons. The average molecular weight is 281 g/mol. The average Bonchev–Trinajstić information content (AvgIpc) is 2.49. The van der Waals surface area contributed by atoms with E-state index in [2.05, 4.69) is 53.2 Å². The van der Waals surface area contributed by atoms with E-state index in [9.17, 15) is 0 Å². The Bertz CT molecular complexity index is 595. The van der Waals surface area contributed by atoms with Gasteiger partial charge < -0.3 is 5.73 Å².